The van der Waals surface area contributed by atoms with Crippen molar-refractivity contribution >= 4 is 60.5 Å². The summed E-state index contributed by atoms with van der Waals surface area (Å²) in [5, 5.41) is 6.95. The minimum absolute atomic E-state index is 0.0843. The number of anilines is 3. The standard InChI is InChI=1S/C47H33NO/c1-47(2)39-20-9-7-18-37(39)44-36(19-11-21-40(44)47)35-17-8-10-22-41(35)48(33-27-25-30-13-3-4-15-32(30)29-33)42-23-12-24-43-45(42)38-28-26-31-14-5-6-16-34(31)46(38)49-43/h3-29H,1-2H3. The van der Waals surface area contributed by atoms with Crippen molar-refractivity contribution in [3.63, 3.8) is 0 Å². The molecular weight excluding hydrogens is 595 g/mol. The SMILES string of the molecule is CC1(C)c2ccccc2-c2c(-c3ccccc3N(c3ccc4ccccc4c3)c3cccc4oc5c6ccccc6ccc5c34)cccc21. The minimum atomic E-state index is -0.0843. The van der Waals surface area contributed by atoms with Crippen molar-refractivity contribution in [2.75, 3.05) is 4.90 Å². The largest absolute Gasteiger partial charge is 0.455 e. The Labute approximate surface area is 285 Å². The van der Waals surface area contributed by atoms with E-state index in [4.69, 9.17) is 4.42 Å². The highest BCUT2D eigenvalue weighted by molar-refractivity contribution is 6.20. The van der Waals surface area contributed by atoms with Gasteiger partial charge in [-0.05, 0) is 80.4 Å². The summed E-state index contributed by atoms with van der Waals surface area (Å²) in [5.74, 6) is 0. The Bertz CT molecular complexity index is 2770. The maximum absolute atomic E-state index is 6.71. The van der Waals surface area contributed by atoms with E-state index in [0.717, 1.165) is 44.4 Å². The van der Waals surface area contributed by atoms with E-state index in [1.54, 1.807) is 0 Å². The molecule has 0 aliphatic heterocycles. The summed E-state index contributed by atoms with van der Waals surface area (Å²) >= 11 is 0. The van der Waals surface area contributed by atoms with Crippen LogP contribution in [0.15, 0.2) is 168 Å². The number of nitrogens with zero attached hydrogens (tertiary/aromatic N) is 1. The van der Waals surface area contributed by atoms with Crippen LogP contribution < -0.4 is 4.90 Å². The summed E-state index contributed by atoms with van der Waals surface area (Å²) in [6.07, 6.45) is 0. The number of rotatable bonds is 4. The molecule has 0 N–H and O–H groups in total. The Kier molecular flexibility index (Phi) is 5.95. The summed E-state index contributed by atoms with van der Waals surface area (Å²) in [6, 6.07) is 59.4. The molecule has 9 aromatic rings. The van der Waals surface area contributed by atoms with E-state index in [1.165, 1.54) is 49.5 Å². The molecule has 0 fully saturated rings. The van der Waals surface area contributed by atoms with Gasteiger partial charge in [0.05, 0.1) is 16.8 Å². The van der Waals surface area contributed by atoms with Gasteiger partial charge < -0.3 is 9.32 Å². The summed E-state index contributed by atoms with van der Waals surface area (Å²) < 4.78 is 6.71. The molecular formula is C47H33NO. The molecule has 1 aliphatic rings. The molecule has 1 aliphatic carbocycles. The molecule has 0 atom stereocenters. The molecule has 8 aromatic carbocycles. The van der Waals surface area contributed by atoms with E-state index >= 15 is 0 Å². The summed E-state index contributed by atoms with van der Waals surface area (Å²) in [5.41, 5.74) is 12.8. The first-order valence-electron chi connectivity index (χ1n) is 17.0. The molecule has 0 saturated heterocycles. The zero-order valence-corrected chi connectivity index (χ0v) is 27.4. The van der Waals surface area contributed by atoms with Crippen molar-refractivity contribution in [2.24, 2.45) is 0 Å². The number of furan rings is 1. The van der Waals surface area contributed by atoms with E-state index in [9.17, 15) is 0 Å². The second-order valence-corrected chi connectivity index (χ2v) is 13.7. The Morgan fingerprint density at radius 2 is 1.12 bits per heavy atom. The number of hydrogen-bond acceptors (Lipinski definition) is 2. The fourth-order valence-corrected chi connectivity index (χ4v) is 8.32. The highest BCUT2D eigenvalue weighted by Gasteiger charge is 2.37. The number of para-hydroxylation sites is 1. The first-order valence-corrected chi connectivity index (χ1v) is 17.0. The molecule has 0 bridgehead atoms. The lowest BCUT2D eigenvalue weighted by molar-refractivity contribution is 0.660. The van der Waals surface area contributed by atoms with E-state index in [0.29, 0.717) is 0 Å². The summed E-state index contributed by atoms with van der Waals surface area (Å²) in [7, 11) is 0. The van der Waals surface area contributed by atoms with Crippen molar-refractivity contribution in [2.45, 2.75) is 19.3 Å². The van der Waals surface area contributed by atoms with Crippen LogP contribution in [-0.4, -0.2) is 0 Å². The number of hydrogen-bond donors (Lipinski definition) is 0. The molecule has 10 rings (SSSR count). The van der Waals surface area contributed by atoms with Crippen LogP contribution in [0.25, 0.3) is 65.7 Å². The lowest BCUT2D eigenvalue weighted by Gasteiger charge is -2.29. The van der Waals surface area contributed by atoms with E-state index in [-0.39, 0.29) is 5.41 Å². The third kappa shape index (κ3) is 4.07. The van der Waals surface area contributed by atoms with Crippen molar-refractivity contribution in [3.05, 3.63) is 175 Å². The fraction of sp³-hybridized carbons (Fsp3) is 0.0638. The molecule has 232 valence electrons. The van der Waals surface area contributed by atoms with Crippen LogP contribution in [0.5, 0.6) is 0 Å². The fourth-order valence-electron chi connectivity index (χ4n) is 8.32. The van der Waals surface area contributed by atoms with Crippen LogP contribution in [0.2, 0.25) is 0 Å². The van der Waals surface area contributed by atoms with Gasteiger partial charge in [0, 0.05) is 27.4 Å². The molecule has 2 nitrogen and oxygen atoms in total. The topological polar surface area (TPSA) is 16.4 Å². The molecule has 2 heteroatoms. The van der Waals surface area contributed by atoms with Crippen molar-refractivity contribution in [1.82, 2.24) is 0 Å². The molecule has 0 spiro atoms. The van der Waals surface area contributed by atoms with Crippen molar-refractivity contribution in [3.8, 4) is 22.3 Å². The quantitative estimate of drug-likeness (QED) is 0.193. The Morgan fingerprint density at radius 3 is 2.02 bits per heavy atom. The highest BCUT2D eigenvalue weighted by Crippen LogP contribution is 2.54. The molecule has 0 unspecified atom stereocenters. The van der Waals surface area contributed by atoms with Gasteiger partial charge in [-0.15, -0.1) is 0 Å². The minimum Gasteiger partial charge on any atom is -0.455 e. The predicted molar refractivity (Wildman–Crippen MR) is 206 cm³/mol. The van der Waals surface area contributed by atoms with Crippen LogP contribution in [0.4, 0.5) is 17.1 Å². The van der Waals surface area contributed by atoms with Gasteiger partial charge in [-0.1, -0.05) is 141 Å². The van der Waals surface area contributed by atoms with Gasteiger partial charge in [-0.3, -0.25) is 0 Å². The average Bonchev–Trinajstić information content (AvgIpc) is 3.65. The summed E-state index contributed by atoms with van der Waals surface area (Å²) in [6.45, 7) is 4.70. The predicted octanol–water partition coefficient (Wildman–Crippen LogP) is 13.3. The van der Waals surface area contributed by atoms with Gasteiger partial charge in [0.25, 0.3) is 0 Å². The molecule has 0 amide bonds. The highest BCUT2D eigenvalue weighted by atomic mass is 16.3. The number of fused-ring (bicyclic) bond motifs is 9. The first-order chi connectivity index (χ1) is 24.1. The normalized spacial score (nSPS) is 13.3. The van der Waals surface area contributed by atoms with E-state index < -0.39 is 0 Å². The molecule has 0 radical (unpaired) electrons. The van der Waals surface area contributed by atoms with Crippen LogP contribution in [-0.2, 0) is 5.41 Å². The zero-order valence-electron chi connectivity index (χ0n) is 27.4. The maximum Gasteiger partial charge on any atom is 0.143 e. The maximum atomic E-state index is 6.71. The molecule has 0 saturated carbocycles. The lowest BCUT2D eigenvalue weighted by atomic mass is 9.82. The van der Waals surface area contributed by atoms with E-state index in [1.807, 2.05) is 0 Å². The van der Waals surface area contributed by atoms with Crippen LogP contribution >= 0.6 is 0 Å². The van der Waals surface area contributed by atoms with Gasteiger partial charge in [-0.2, -0.15) is 0 Å². The van der Waals surface area contributed by atoms with Crippen molar-refractivity contribution in [1.29, 1.82) is 0 Å². The van der Waals surface area contributed by atoms with Gasteiger partial charge in [0.2, 0.25) is 0 Å². The Morgan fingerprint density at radius 1 is 0.469 bits per heavy atom. The second-order valence-electron chi connectivity index (χ2n) is 13.7. The van der Waals surface area contributed by atoms with Crippen LogP contribution in [0.3, 0.4) is 0 Å². The smallest absolute Gasteiger partial charge is 0.143 e. The van der Waals surface area contributed by atoms with E-state index in [2.05, 4.69) is 183 Å². The van der Waals surface area contributed by atoms with Gasteiger partial charge in [0.15, 0.2) is 0 Å². The Hall–Kier alpha value is -6.12. The van der Waals surface area contributed by atoms with Gasteiger partial charge in [0.1, 0.15) is 11.2 Å². The molecule has 1 aromatic heterocycles. The zero-order chi connectivity index (χ0) is 32.7. The second kappa shape index (κ2) is 10.4. The average molecular weight is 628 g/mol. The third-order valence-electron chi connectivity index (χ3n) is 10.6. The Balaban J connectivity index is 1.29. The van der Waals surface area contributed by atoms with Crippen LogP contribution in [0, 0.1) is 0 Å². The number of benzene rings is 8. The van der Waals surface area contributed by atoms with Crippen LogP contribution in [0.1, 0.15) is 25.0 Å². The monoisotopic (exact) mass is 627 g/mol. The third-order valence-corrected chi connectivity index (χ3v) is 10.6. The van der Waals surface area contributed by atoms with Crippen molar-refractivity contribution < 1.29 is 4.42 Å². The first kappa shape index (κ1) is 27.9. The molecule has 49 heavy (non-hydrogen) atoms. The van der Waals surface area contributed by atoms with Gasteiger partial charge in [-0.25, -0.2) is 0 Å². The summed E-state index contributed by atoms with van der Waals surface area (Å²) in [4.78, 5) is 2.44. The molecule has 1 heterocycles. The van der Waals surface area contributed by atoms with Gasteiger partial charge >= 0.3 is 0 Å². The lowest BCUT2D eigenvalue weighted by Crippen LogP contribution is -2.15.